The monoisotopic (exact) mass is 407 g/mol. The topological polar surface area (TPSA) is 78.5 Å². The molecule has 0 unspecified atom stereocenters. The van der Waals surface area contributed by atoms with E-state index in [4.69, 9.17) is 0 Å². The first-order valence-corrected chi connectivity index (χ1v) is 9.75. The van der Waals surface area contributed by atoms with Crippen molar-refractivity contribution in [2.45, 2.75) is 0 Å². The zero-order valence-electron chi connectivity index (χ0n) is 16.3. The fourth-order valence-corrected chi connectivity index (χ4v) is 3.74. The number of barbiturate groups is 1. The SMILES string of the molecule is O=C1NC(=O)C(=Cc2ccc(N3c4ccccc4C=Cc4ccccc43)cc2)C(=O)N1. The lowest BCUT2D eigenvalue weighted by Gasteiger charge is -2.27. The number of carbonyl (C=O) groups excluding carboxylic acids is 3. The quantitative estimate of drug-likeness (QED) is 0.382. The summed E-state index contributed by atoms with van der Waals surface area (Å²) >= 11 is 0. The largest absolute Gasteiger partial charge is 0.328 e. The van der Waals surface area contributed by atoms with Gasteiger partial charge in [0, 0.05) is 5.69 Å². The van der Waals surface area contributed by atoms with Crippen LogP contribution in [-0.2, 0) is 9.59 Å². The molecule has 0 atom stereocenters. The molecule has 6 nitrogen and oxygen atoms in total. The van der Waals surface area contributed by atoms with E-state index in [2.05, 4.69) is 52.0 Å². The first-order valence-electron chi connectivity index (χ1n) is 9.75. The van der Waals surface area contributed by atoms with E-state index in [1.165, 1.54) is 6.08 Å². The number of nitrogens with zero attached hydrogens (tertiary/aromatic N) is 1. The molecule has 3 aromatic carbocycles. The fourth-order valence-electron chi connectivity index (χ4n) is 3.74. The Labute approximate surface area is 178 Å². The molecule has 2 N–H and O–H groups in total. The van der Waals surface area contributed by atoms with Crippen molar-refractivity contribution in [3.05, 3.63) is 95.1 Å². The van der Waals surface area contributed by atoms with E-state index in [-0.39, 0.29) is 5.57 Å². The Balaban J connectivity index is 1.55. The Morgan fingerprint density at radius 1 is 0.645 bits per heavy atom. The van der Waals surface area contributed by atoms with Gasteiger partial charge in [-0.1, -0.05) is 60.7 Å². The summed E-state index contributed by atoms with van der Waals surface area (Å²) in [4.78, 5) is 37.4. The number of carbonyl (C=O) groups is 3. The highest BCUT2D eigenvalue weighted by Crippen LogP contribution is 2.41. The van der Waals surface area contributed by atoms with Crippen LogP contribution in [0.3, 0.4) is 0 Å². The van der Waals surface area contributed by atoms with Gasteiger partial charge in [0.1, 0.15) is 5.57 Å². The summed E-state index contributed by atoms with van der Waals surface area (Å²) in [6, 6.07) is 23.1. The van der Waals surface area contributed by atoms with Gasteiger partial charge in [-0.15, -0.1) is 0 Å². The number of amides is 4. The molecule has 4 amide bonds. The summed E-state index contributed by atoms with van der Waals surface area (Å²) in [6.07, 6.45) is 5.68. The third kappa shape index (κ3) is 3.40. The van der Waals surface area contributed by atoms with Gasteiger partial charge in [0.2, 0.25) is 0 Å². The van der Waals surface area contributed by atoms with E-state index in [1.807, 2.05) is 48.5 Å². The van der Waals surface area contributed by atoms with Crippen molar-refractivity contribution < 1.29 is 14.4 Å². The van der Waals surface area contributed by atoms with Gasteiger partial charge in [0.25, 0.3) is 11.8 Å². The smallest absolute Gasteiger partial charge is 0.309 e. The highest BCUT2D eigenvalue weighted by Gasteiger charge is 2.27. The molecule has 0 saturated carbocycles. The molecule has 5 rings (SSSR count). The Morgan fingerprint density at radius 2 is 1.16 bits per heavy atom. The molecule has 0 radical (unpaired) electrons. The van der Waals surface area contributed by atoms with E-state index in [0.29, 0.717) is 5.56 Å². The minimum atomic E-state index is -0.811. The lowest BCUT2D eigenvalue weighted by Crippen LogP contribution is -2.51. The predicted molar refractivity (Wildman–Crippen MR) is 120 cm³/mol. The molecule has 150 valence electrons. The zero-order chi connectivity index (χ0) is 21.4. The van der Waals surface area contributed by atoms with E-state index in [9.17, 15) is 14.4 Å². The second-order valence-electron chi connectivity index (χ2n) is 7.17. The van der Waals surface area contributed by atoms with Crippen molar-refractivity contribution in [1.29, 1.82) is 0 Å². The van der Waals surface area contributed by atoms with Crippen LogP contribution < -0.4 is 15.5 Å². The van der Waals surface area contributed by atoms with Crippen molar-refractivity contribution >= 4 is 53.1 Å². The Morgan fingerprint density at radius 3 is 1.71 bits per heavy atom. The van der Waals surface area contributed by atoms with Crippen LogP contribution in [0.25, 0.3) is 18.2 Å². The predicted octanol–water partition coefficient (Wildman–Crippen LogP) is 4.39. The standard InChI is InChI=1S/C25H17N3O3/c29-23-20(24(30)27-25(31)26-23)15-16-9-13-19(14-10-16)28-21-7-3-1-5-17(21)11-12-18-6-2-4-8-22(18)28/h1-15H,(H2,26,27,29,30,31). The number of fused-ring (bicyclic) bond motifs is 2. The average Bonchev–Trinajstić information content (AvgIpc) is 2.94. The van der Waals surface area contributed by atoms with Gasteiger partial charge in [0.05, 0.1) is 11.4 Å². The van der Waals surface area contributed by atoms with Crippen LogP contribution in [0.5, 0.6) is 0 Å². The second kappa shape index (κ2) is 7.42. The van der Waals surface area contributed by atoms with Crippen LogP contribution in [0.4, 0.5) is 21.9 Å². The molecule has 1 saturated heterocycles. The van der Waals surface area contributed by atoms with E-state index >= 15 is 0 Å². The molecular weight excluding hydrogens is 390 g/mol. The number of imide groups is 2. The molecule has 0 aromatic heterocycles. The lowest BCUT2D eigenvalue weighted by atomic mass is 10.1. The van der Waals surface area contributed by atoms with Gasteiger partial charge >= 0.3 is 6.03 Å². The first-order chi connectivity index (χ1) is 15.1. The van der Waals surface area contributed by atoms with Gasteiger partial charge in [-0.2, -0.15) is 0 Å². The number of hydrogen-bond donors (Lipinski definition) is 2. The molecule has 0 spiro atoms. The summed E-state index contributed by atoms with van der Waals surface area (Å²) in [5.41, 5.74) is 5.82. The summed E-state index contributed by atoms with van der Waals surface area (Å²) in [5.74, 6) is -1.42. The van der Waals surface area contributed by atoms with Gasteiger partial charge in [-0.05, 0) is 47.0 Å². The van der Waals surface area contributed by atoms with Crippen LogP contribution >= 0.6 is 0 Å². The summed E-state index contributed by atoms with van der Waals surface area (Å²) in [5, 5.41) is 4.16. The molecule has 2 heterocycles. The Kier molecular flexibility index (Phi) is 4.45. The summed E-state index contributed by atoms with van der Waals surface area (Å²) < 4.78 is 0. The van der Waals surface area contributed by atoms with Gasteiger partial charge in [-0.3, -0.25) is 20.2 Å². The molecule has 0 aliphatic carbocycles. The van der Waals surface area contributed by atoms with Gasteiger partial charge < -0.3 is 4.90 Å². The maximum absolute atomic E-state index is 12.0. The molecule has 1 fully saturated rings. The first kappa shape index (κ1) is 18.6. The maximum Gasteiger partial charge on any atom is 0.328 e. The molecule has 31 heavy (non-hydrogen) atoms. The van der Waals surface area contributed by atoms with Crippen molar-refractivity contribution in [2.24, 2.45) is 0 Å². The molecular formula is C25H17N3O3. The Bertz CT molecular complexity index is 1220. The zero-order valence-corrected chi connectivity index (χ0v) is 16.3. The minimum absolute atomic E-state index is 0.109. The molecule has 3 aromatic rings. The lowest BCUT2D eigenvalue weighted by molar-refractivity contribution is -0.123. The number of rotatable bonds is 2. The summed E-state index contributed by atoms with van der Waals surface area (Å²) in [7, 11) is 0. The molecule has 2 aliphatic heterocycles. The van der Waals surface area contributed by atoms with Crippen LogP contribution in [-0.4, -0.2) is 17.8 Å². The number of para-hydroxylation sites is 2. The van der Waals surface area contributed by atoms with Gasteiger partial charge in [0.15, 0.2) is 0 Å². The van der Waals surface area contributed by atoms with Crippen molar-refractivity contribution in [3.63, 3.8) is 0 Å². The number of urea groups is 1. The minimum Gasteiger partial charge on any atom is -0.309 e. The van der Waals surface area contributed by atoms with Crippen LogP contribution in [0.15, 0.2) is 78.4 Å². The third-order valence-electron chi connectivity index (χ3n) is 5.20. The molecule has 2 aliphatic rings. The second-order valence-corrected chi connectivity index (χ2v) is 7.17. The average molecular weight is 407 g/mol. The van der Waals surface area contributed by atoms with Crippen molar-refractivity contribution in [3.8, 4) is 0 Å². The normalized spacial score (nSPS) is 14.9. The van der Waals surface area contributed by atoms with E-state index in [1.54, 1.807) is 0 Å². The molecule has 0 bridgehead atoms. The number of anilines is 3. The highest BCUT2D eigenvalue weighted by molar-refractivity contribution is 6.31. The van der Waals surface area contributed by atoms with Crippen LogP contribution in [0, 0.1) is 0 Å². The Hall–Kier alpha value is -4.45. The maximum atomic E-state index is 12.0. The number of hydrogen-bond acceptors (Lipinski definition) is 4. The third-order valence-corrected chi connectivity index (χ3v) is 5.20. The van der Waals surface area contributed by atoms with E-state index in [0.717, 1.165) is 28.2 Å². The summed E-state index contributed by atoms with van der Waals surface area (Å²) in [6.45, 7) is 0. The van der Waals surface area contributed by atoms with E-state index < -0.39 is 17.8 Å². The van der Waals surface area contributed by atoms with Crippen molar-refractivity contribution in [1.82, 2.24) is 10.6 Å². The van der Waals surface area contributed by atoms with Gasteiger partial charge in [-0.25, -0.2) is 4.79 Å². The highest BCUT2D eigenvalue weighted by atomic mass is 16.2. The van der Waals surface area contributed by atoms with Crippen LogP contribution in [0.1, 0.15) is 16.7 Å². The van der Waals surface area contributed by atoms with Crippen LogP contribution in [0.2, 0.25) is 0 Å². The number of benzene rings is 3. The number of nitrogens with one attached hydrogen (secondary N) is 2. The van der Waals surface area contributed by atoms with Crippen molar-refractivity contribution in [2.75, 3.05) is 4.90 Å². The molecule has 6 heteroatoms. The fraction of sp³-hybridized carbons (Fsp3) is 0.